The minimum absolute atomic E-state index is 0.0576. The van der Waals surface area contributed by atoms with Crippen LogP contribution < -0.4 is 26.0 Å². The lowest BCUT2D eigenvalue weighted by atomic mass is 10.0. The number of hydrogen-bond acceptors (Lipinski definition) is 5. The zero-order valence-electron chi connectivity index (χ0n) is 23.6. The highest BCUT2D eigenvalue weighted by Gasteiger charge is 2.29. The lowest BCUT2D eigenvalue weighted by Gasteiger charge is -2.25. The second-order valence-corrected chi connectivity index (χ2v) is 8.97. The van der Waals surface area contributed by atoms with Crippen LogP contribution in [-0.4, -0.2) is 56.0 Å². The van der Waals surface area contributed by atoms with E-state index in [-0.39, 0.29) is 24.9 Å². The number of para-hydroxylation sites is 1. The van der Waals surface area contributed by atoms with Crippen molar-refractivity contribution in [1.29, 1.82) is 0 Å². The van der Waals surface area contributed by atoms with Crippen LogP contribution in [0.1, 0.15) is 51.3 Å². The molecule has 0 aromatic heterocycles. The lowest BCUT2D eigenvalue weighted by molar-refractivity contribution is -0.133. The van der Waals surface area contributed by atoms with Crippen molar-refractivity contribution in [1.82, 2.24) is 21.3 Å². The summed E-state index contributed by atoms with van der Waals surface area (Å²) < 4.78 is 5.75. The van der Waals surface area contributed by atoms with Crippen LogP contribution in [0.4, 0.5) is 0 Å². The van der Waals surface area contributed by atoms with Crippen molar-refractivity contribution in [3.63, 3.8) is 0 Å². The van der Waals surface area contributed by atoms with Gasteiger partial charge in [-0.05, 0) is 38.8 Å². The molecular formula is C30H44N4O4. The van der Waals surface area contributed by atoms with Gasteiger partial charge in [-0.15, -0.1) is 0 Å². The molecule has 0 unspecified atom stereocenters. The van der Waals surface area contributed by atoms with Gasteiger partial charge in [-0.2, -0.15) is 0 Å². The monoisotopic (exact) mass is 524 g/mol. The molecule has 0 saturated heterocycles. The van der Waals surface area contributed by atoms with Gasteiger partial charge in [0.05, 0.1) is 13.1 Å². The SMILES string of the molecule is CC.CC1(C)NC(=O)CNCCOc2ccccc2/C=C/CNC(=O)CNC1=O.CCc1cccc(C)c1. The van der Waals surface area contributed by atoms with E-state index in [1.54, 1.807) is 13.8 Å². The zero-order valence-corrected chi connectivity index (χ0v) is 23.6. The van der Waals surface area contributed by atoms with Gasteiger partial charge < -0.3 is 26.0 Å². The Kier molecular flexibility index (Phi) is 15.1. The van der Waals surface area contributed by atoms with Crippen LogP contribution in [0.2, 0.25) is 0 Å². The summed E-state index contributed by atoms with van der Waals surface area (Å²) in [5.74, 6) is -0.341. The van der Waals surface area contributed by atoms with Crippen LogP contribution in [0.25, 0.3) is 6.08 Å². The van der Waals surface area contributed by atoms with Gasteiger partial charge in [0.15, 0.2) is 0 Å². The minimum atomic E-state index is -1.13. The smallest absolute Gasteiger partial charge is 0.245 e. The highest BCUT2D eigenvalue weighted by Crippen LogP contribution is 2.19. The first-order chi connectivity index (χ1) is 18.2. The van der Waals surface area contributed by atoms with Crippen LogP contribution in [0, 0.1) is 6.92 Å². The van der Waals surface area contributed by atoms with Gasteiger partial charge in [0.1, 0.15) is 17.9 Å². The van der Waals surface area contributed by atoms with Gasteiger partial charge in [0, 0.05) is 18.7 Å². The molecular weight excluding hydrogens is 480 g/mol. The molecule has 3 amide bonds. The van der Waals surface area contributed by atoms with E-state index < -0.39 is 11.4 Å². The molecule has 8 nitrogen and oxygen atoms in total. The second kappa shape index (κ2) is 17.7. The second-order valence-electron chi connectivity index (χ2n) is 8.97. The molecule has 0 radical (unpaired) electrons. The molecule has 0 atom stereocenters. The van der Waals surface area contributed by atoms with Crippen molar-refractivity contribution in [3.05, 3.63) is 71.3 Å². The largest absolute Gasteiger partial charge is 0.492 e. The average Bonchev–Trinajstić information content (AvgIpc) is 2.91. The fourth-order valence-corrected chi connectivity index (χ4v) is 3.37. The maximum atomic E-state index is 12.2. The van der Waals surface area contributed by atoms with Crippen molar-refractivity contribution in [2.24, 2.45) is 0 Å². The van der Waals surface area contributed by atoms with E-state index in [9.17, 15) is 14.4 Å². The van der Waals surface area contributed by atoms with Gasteiger partial charge in [0.25, 0.3) is 0 Å². The first kappa shape index (κ1) is 32.4. The fourth-order valence-electron chi connectivity index (χ4n) is 3.37. The fraction of sp³-hybridized carbons (Fsp3) is 0.433. The van der Waals surface area contributed by atoms with Gasteiger partial charge >= 0.3 is 0 Å². The van der Waals surface area contributed by atoms with E-state index in [4.69, 9.17) is 4.74 Å². The van der Waals surface area contributed by atoms with Gasteiger partial charge in [-0.3, -0.25) is 14.4 Å². The molecule has 0 bridgehead atoms. The Balaban J connectivity index is 0.000000548. The third kappa shape index (κ3) is 12.5. The van der Waals surface area contributed by atoms with Crippen LogP contribution in [0.3, 0.4) is 0 Å². The molecule has 208 valence electrons. The van der Waals surface area contributed by atoms with Gasteiger partial charge in [-0.1, -0.05) is 81.0 Å². The lowest BCUT2D eigenvalue weighted by Crippen LogP contribution is -2.57. The van der Waals surface area contributed by atoms with E-state index in [1.807, 2.05) is 50.3 Å². The molecule has 8 heteroatoms. The molecule has 3 rings (SSSR count). The number of carbonyl (C=O) groups excluding carboxylic acids is 3. The Morgan fingerprint density at radius 2 is 1.66 bits per heavy atom. The van der Waals surface area contributed by atoms with Crippen molar-refractivity contribution >= 4 is 23.8 Å². The van der Waals surface area contributed by atoms with Gasteiger partial charge in [0.2, 0.25) is 17.7 Å². The Morgan fingerprint density at radius 3 is 2.34 bits per heavy atom. The number of amides is 3. The summed E-state index contributed by atoms with van der Waals surface area (Å²) in [6, 6.07) is 16.2. The van der Waals surface area contributed by atoms with Crippen LogP contribution in [0.15, 0.2) is 54.6 Å². The van der Waals surface area contributed by atoms with Crippen LogP contribution >= 0.6 is 0 Å². The summed E-state index contributed by atoms with van der Waals surface area (Å²) in [4.78, 5) is 36.1. The average molecular weight is 525 g/mol. The van der Waals surface area contributed by atoms with Crippen molar-refractivity contribution in [2.75, 3.05) is 32.8 Å². The maximum Gasteiger partial charge on any atom is 0.245 e. The Labute approximate surface area is 227 Å². The van der Waals surface area contributed by atoms with Gasteiger partial charge in [-0.25, -0.2) is 0 Å². The van der Waals surface area contributed by atoms with Crippen molar-refractivity contribution in [3.8, 4) is 5.75 Å². The highest BCUT2D eigenvalue weighted by molar-refractivity contribution is 5.93. The molecule has 0 fully saturated rings. The summed E-state index contributed by atoms with van der Waals surface area (Å²) in [6.07, 6.45) is 4.82. The first-order valence-electron chi connectivity index (χ1n) is 13.2. The van der Waals surface area contributed by atoms with Crippen LogP contribution in [-0.2, 0) is 20.8 Å². The quantitative estimate of drug-likeness (QED) is 0.457. The standard InChI is InChI=1S/C19H26N4O4.C9H12.C2H6/c1-19(2)18(26)22-13-16(24)21-9-5-7-14-6-3-4-8-15(14)27-11-10-20-12-17(25)23-19;1-3-9-6-4-5-8(2)7-9;1-2/h3-8,20H,9-13H2,1-2H3,(H,21,24)(H,22,26)(H,23,25);4-7H,3H2,1-2H3;1-2H3/b7-5+;;. The summed E-state index contributed by atoms with van der Waals surface area (Å²) in [5.41, 5.74) is 2.55. The summed E-state index contributed by atoms with van der Waals surface area (Å²) >= 11 is 0. The van der Waals surface area contributed by atoms with E-state index in [0.717, 1.165) is 17.7 Å². The summed E-state index contributed by atoms with van der Waals surface area (Å²) in [6.45, 7) is 12.6. The molecule has 1 aliphatic rings. The predicted molar refractivity (Wildman–Crippen MR) is 154 cm³/mol. The molecule has 0 aliphatic carbocycles. The number of nitrogens with one attached hydrogen (secondary N) is 4. The Bertz CT molecular complexity index is 1050. The summed E-state index contributed by atoms with van der Waals surface area (Å²) in [5, 5.41) is 10.9. The number of benzene rings is 2. The predicted octanol–water partition coefficient (Wildman–Crippen LogP) is 3.39. The number of ether oxygens (including phenoxy) is 1. The minimum Gasteiger partial charge on any atom is -0.492 e. The molecule has 1 heterocycles. The molecule has 0 saturated carbocycles. The topological polar surface area (TPSA) is 109 Å². The number of aryl methyl sites for hydroxylation is 2. The molecule has 4 N–H and O–H groups in total. The molecule has 2 aromatic carbocycles. The van der Waals surface area contributed by atoms with Crippen molar-refractivity contribution < 1.29 is 19.1 Å². The highest BCUT2D eigenvalue weighted by atomic mass is 16.5. The van der Waals surface area contributed by atoms with E-state index >= 15 is 0 Å². The molecule has 0 spiro atoms. The summed E-state index contributed by atoms with van der Waals surface area (Å²) in [7, 11) is 0. The van der Waals surface area contributed by atoms with Crippen molar-refractivity contribution in [2.45, 2.75) is 53.5 Å². The van der Waals surface area contributed by atoms with E-state index in [2.05, 4.69) is 59.4 Å². The Morgan fingerprint density at radius 1 is 0.921 bits per heavy atom. The molecule has 38 heavy (non-hydrogen) atoms. The number of fused-ring (bicyclic) bond motifs is 1. The molecule has 2 aromatic rings. The third-order valence-electron chi connectivity index (χ3n) is 5.38. The number of rotatable bonds is 1. The van der Waals surface area contributed by atoms with E-state index in [1.165, 1.54) is 11.1 Å². The molecule has 1 aliphatic heterocycles. The van der Waals surface area contributed by atoms with E-state index in [0.29, 0.717) is 19.7 Å². The zero-order chi connectivity index (χ0) is 28.4. The number of hydrogen-bond donors (Lipinski definition) is 4. The normalized spacial score (nSPS) is 17.1. The maximum absolute atomic E-state index is 12.2. The Hall–Kier alpha value is -3.65. The van der Waals surface area contributed by atoms with Crippen LogP contribution in [0.5, 0.6) is 5.75 Å². The third-order valence-corrected chi connectivity index (χ3v) is 5.38. The number of carbonyl (C=O) groups is 3. The first-order valence-corrected chi connectivity index (χ1v) is 13.2.